The number of amides is 1. The lowest BCUT2D eigenvalue weighted by molar-refractivity contribution is -0.144. The summed E-state index contributed by atoms with van der Waals surface area (Å²) in [6, 6.07) is 7.56. The quantitative estimate of drug-likeness (QED) is 0.697. The van der Waals surface area contributed by atoms with Crippen LogP contribution in [-0.2, 0) is 11.3 Å². The Balaban J connectivity index is 1.24. The Kier molecular flexibility index (Phi) is 6.56. The van der Waals surface area contributed by atoms with Crippen molar-refractivity contribution < 1.29 is 14.3 Å². The van der Waals surface area contributed by atoms with Gasteiger partial charge in [-0.25, -0.2) is 9.37 Å². The van der Waals surface area contributed by atoms with E-state index in [1.54, 1.807) is 18.2 Å². The lowest BCUT2D eigenvalue weighted by Crippen LogP contribution is -2.57. The zero-order valence-electron chi connectivity index (χ0n) is 19.7. The second kappa shape index (κ2) is 9.61. The van der Waals surface area contributed by atoms with Crippen molar-refractivity contribution in [3.05, 3.63) is 52.8 Å². The van der Waals surface area contributed by atoms with Gasteiger partial charge in [-0.1, -0.05) is 44.2 Å². The van der Waals surface area contributed by atoms with Crippen LogP contribution >= 0.6 is 0 Å². The fourth-order valence-electron chi connectivity index (χ4n) is 6.40. The Bertz CT molecular complexity index is 1080. The SMILES string of the molecule is O=C(CCC1CCCCC1)N1C[C@H]2CC[C@@H](C1)C2(O)Cn1cnc(-c2ccccc2F)cc1=O. The molecule has 1 aromatic heterocycles. The van der Waals surface area contributed by atoms with Crippen LogP contribution in [-0.4, -0.2) is 44.2 Å². The minimum atomic E-state index is -1.04. The van der Waals surface area contributed by atoms with E-state index >= 15 is 0 Å². The average Bonchev–Trinajstić information content (AvgIpc) is 3.01. The lowest BCUT2D eigenvalue weighted by Gasteiger charge is -2.44. The number of aromatic nitrogens is 2. The molecule has 2 aliphatic carbocycles. The number of halogens is 1. The predicted octanol–water partition coefficient (Wildman–Crippen LogP) is 4.01. The third-order valence-electron chi connectivity index (χ3n) is 8.46. The van der Waals surface area contributed by atoms with Crippen LogP contribution in [0.2, 0.25) is 0 Å². The molecular formula is C27H34FN3O3. The molecule has 6 nitrogen and oxygen atoms in total. The molecule has 1 N–H and O–H groups in total. The number of nitrogens with zero attached hydrogens (tertiary/aromatic N) is 3. The summed E-state index contributed by atoms with van der Waals surface area (Å²) >= 11 is 0. The first-order valence-electron chi connectivity index (χ1n) is 12.8. The molecule has 0 spiro atoms. The summed E-state index contributed by atoms with van der Waals surface area (Å²) in [5, 5.41) is 11.6. The van der Waals surface area contributed by atoms with Crippen molar-refractivity contribution in [1.29, 1.82) is 0 Å². The van der Waals surface area contributed by atoms with Crippen LogP contribution in [0, 0.1) is 23.6 Å². The number of piperidine rings is 1. The molecule has 0 radical (unpaired) electrons. The summed E-state index contributed by atoms with van der Waals surface area (Å²) in [5.74, 6) is 0.357. The molecule has 2 aromatic rings. The normalized spacial score (nSPS) is 27.2. The highest BCUT2D eigenvalue weighted by Gasteiger charge is 2.53. The summed E-state index contributed by atoms with van der Waals surface area (Å²) in [6.45, 7) is 1.24. The number of hydrogen-bond acceptors (Lipinski definition) is 4. The third-order valence-corrected chi connectivity index (χ3v) is 8.46. The molecule has 3 aliphatic rings. The maximum Gasteiger partial charge on any atom is 0.253 e. The van der Waals surface area contributed by atoms with Crippen molar-refractivity contribution in [3.8, 4) is 11.3 Å². The predicted molar refractivity (Wildman–Crippen MR) is 127 cm³/mol. The molecule has 2 bridgehead atoms. The number of carbonyl (C=O) groups excluding carboxylic acids is 1. The van der Waals surface area contributed by atoms with Crippen molar-refractivity contribution in [2.24, 2.45) is 17.8 Å². The highest BCUT2D eigenvalue weighted by molar-refractivity contribution is 5.76. The summed E-state index contributed by atoms with van der Waals surface area (Å²) in [7, 11) is 0. The third kappa shape index (κ3) is 4.54. The van der Waals surface area contributed by atoms with Gasteiger partial charge in [-0.15, -0.1) is 0 Å². The number of rotatable bonds is 6. The van der Waals surface area contributed by atoms with Gasteiger partial charge in [0.1, 0.15) is 5.82 Å². The van der Waals surface area contributed by atoms with Gasteiger partial charge in [-0.2, -0.15) is 0 Å². The number of benzene rings is 1. The minimum absolute atomic E-state index is 0.0528. The second-order valence-electron chi connectivity index (χ2n) is 10.5. The zero-order chi connectivity index (χ0) is 23.7. The number of fused-ring (bicyclic) bond motifs is 2. The number of likely N-dealkylation sites (tertiary alicyclic amines) is 1. The Hall–Kier alpha value is -2.54. The van der Waals surface area contributed by atoms with Gasteiger partial charge in [0.15, 0.2) is 0 Å². The minimum Gasteiger partial charge on any atom is -0.387 e. The van der Waals surface area contributed by atoms with Crippen molar-refractivity contribution in [1.82, 2.24) is 14.5 Å². The molecule has 1 saturated heterocycles. The van der Waals surface area contributed by atoms with E-state index in [4.69, 9.17) is 0 Å². The molecule has 3 fully saturated rings. The van der Waals surface area contributed by atoms with Gasteiger partial charge < -0.3 is 10.0 Å². The molecule has 3 atom stereocenters. The van der Waals surface area contributed by atoms with Gasteiger partial charge in [-0.3, -0.25) is 14.2 Å². The van der Waals surface area contributed by atoms with E-state index in [1.807, 2.05) is 4.90 Å². The van der Waals surface area contributed by atoms with Gasteiger partial charge in [0.05, 0.1) is 24.2 Å². The number of hydrogen-bond donors (Lipinski definition) is 1. The van der Waals surface area contributed by atoms with E-state index in [2.05, 4.69) is 4.98 Å². The lowest BCUT2D eigenvalue weighted by atomic mass is 9.79. The second-order valence-corrected chi connectivity index (χ2v) is 10.5. The van der Waals surface area contributed by atoms with Crippen LogP contribution < -0.4 is 5.56 Å². The van der Waals surface area contributed by atoms with Crippen LogP contribution in [0.5, 0.6) is 0 Å². The molecular weight excluding hydrogens is 433 g/mol. The standard InChI is InChI=1S/C27H34FN3O3/c28-23-9-5-4-8-22(23)24-14-26(33)31(18-29-24)17-27(34)20-11-12-21(27)16-30(15-20)25(32)13-10-19-6-2-1-3-7-19/h4-5,8-9,14,18-21,34H,1-3,6-7,10-13,15-17H2/t20-,21+,27?. The topological polar surface area (TPSA) is 75.4 Å². The molecule has 1 unspecified atom stereocenters. The van der Waals surface area contributed by atoms with E-state index < -0.39 is 11.4 Å². The van der Waals surface area contributed by atoms with Crippen LogP contribution in [0.25, 0.3) is 11.3 Å². The summed E-state index contributed by atoms with van der Waals surface area (Å²) in [6.07, 6.45) is 11.1. The summed E-state index contributed by atoms with van der Waals surface area (Å²) < 4.78 is 15.5. The van der Waals surface area contributed by atoms with Gasteiger partial charge in [0.25, 0.3) is 5.56 Å². The highest BCUT2D eigenvalue weighted by Crippen LogP contribution is 2.46. The molecule has 5 rings (SSSR count). The summed E-state index contributed by atoms with van der Waals surface area (Å²) in [5.41, 5.74) is -0.782. The average molecular weight is 468 g/mol. The Morgan fingerprint density at radius 2 is 1.79 bits per heavy atom. The highest BCUT2D eigenvalue weighted by atomic mass is 19.1. The van der Waals surface area contributed by atoms with Crippen LogP contribution in [0.4, 0.5) is 4.39 Å². The van der Waals surface area contributed by atoms with Crippen molar-refractivity contribution >= 4 is 5.91 Å². The number of aliphatic hydroxyl groups is 1. The molecule has 34 heavy (non-hydrogen) atoms. The molecule has 1 aliphatic heterocycles. The van der Waals surface area contributed by atoms with Crippen molar-refractivity contribution in [3.63, 3.8) is 0 Å². The number of carbonyl (C=O) groups is 1. The van der Waals surface area contributed by atoms with Crippen LogP contribution in [0.1, 0.15) is 57.8 Å². The maximum atomic E-state index is 14.1. The smallest absolute Gasteiger partial charge is 0.253 e. The Labute approximate surface area is 199 Å². The summed E-state index contributed by atoms with van der Waals surface area (Å²) in [4.78, 5) is 32.0. The van der Waals surface area contributed by atoms with E-state index in [0.29, 0.717) is 25.4 Å². The molecule has 1 amide bonds. The Morgan fingerprint density at radius 1 is 1.09 bits per heavy atom. The molecule has 182 valence electrons. The van der Waals surface area contributed by atoms with E-state index in [1.165, 1.54) is 55.1 Å². The molecule has 1 aromatic carbocycles. The maximum absolute atomic E-state index is 14.1. The van der Waals surface area contributed by atoms with Crippen molar-refractivity contribution in [2.45, 2.75) is 69.9 Å². The first kappa shape index (κ1) is 23.2. The monoisotopic (exact) mass is 467 g/mol. The van der Waals surface area contributed by atoms with Gasteiger partial charge in [0.2, 0.25) is 5.91 Å². The van der Waals surface area contributed by atoms with Gasteiger partial charge in [-0.05, 0) is 37.3 Å². The molecule has 2 heterocycles. The fourth-order valence-corrected chi connectivity index (χ4v) is 6.40. The zero-order valence-corrected chi connectivity index (χ0v) is 19.7. The Morgan fingerprint density at radius 3 is 2.47 bits per heavy atom. The first-order valence-corrected chi connectivity index (χ1v) is 12.8. The fraction of sp³-hybridized carbons (Fsp3) is 0.593. The van der Waals surface area contributed by atoms with Crippen LogP contribution in [0.3, 0.4) is 0 Å². The van der Waals surface area contributed by atoms with E-state index in [9.17, 15) is 19.1 Å². The van der Waals surface area contributed by atoms with E-state index in [0.717, 1.165) is 19.3 Å². The molecule has 7 heteroatoms. The van der Waals surface area contributed by atoms with Gasteiger partial charge >= 0.3 is 0 Å². The van der Waals surface area contributed by atoms with Gasteiger partial charge in [0, 0.05) is 43.0 Å². The first-order chi connectivity index (χ1) is 16.4. The van der Waals surface area contributed by atoms with E-state index in [-0.39, 0.29) is 41.1 Å². The largest absolute Gasteiger partial charge is 0.387 e. The van der Waals surface area contributed by atoms with Crippen LogP contribution in [0.15, 0.2) is 41.5 Å². The molecule has 2 saturated carbocycles. The van der Waals surface area contributed by atoms with Crippen molar-refractivity contribution in [2.75, 3.05) is 13.1 Å².